The molecule has 2 unspecified atom stereocenters. The number of rotatable bonds is 4. The fraction of sp³-hybridized carbons (Fsp3) is 0.933. The van der Waals surface area contributed by atoms with Crippen LogP contribution in [0.15, 0.2) is 0 Å². The van der Waals surface area contributed by atoms with Crippen molar-refractivity contribution in [3.8, 4) is 0 Å². The van der Waals surface area contributed by atoms with Crippen molar-refractivity contribution in [3.63, 3.8) is 0 Å². The van der Waals surface area contributed by atoms with E-state index in [1.807, 2.05) is 0 Å². The molecule has 2 atom stereocenters. The van der Waals surface area contributed by atoms with Crippen LogP contribution >= 0.6 is 0 Å². The summed E-state index contributed by atoms with van der Waals surface area (Å²) in [4.78, 5) is 12.0. The van der Waals surface area contributed by atoms with Gasteiger partial charge in [-0.2, -0.15) is 0 Å². The molecule has 2 aliphatic rings. The molecule has 19 heavy (non-hydrogen) atoms. The molecule has 0 aromatic heterocycles. The van der Waals surface area contributed by atoms with Gasteiger partial charge in [0.15, 0.2) is 0 Å². The van der Waals surface area contributed by atoms with Crippen LogP contribution in [-0.4, -0.2) is 29.2 Å². The molecule has 0 heterocycles. The molecule has 0 aromatic rings. The van der Waals surface area contributed by atoms with Crippen molar-refractivity contribution >= 4 is 5.91 Å². The van der Waals surface area contributed by atoms with Crippen LogP contribution in [0.5, 0.6) is 0 Å². The summed E-state index contributed by atoms with van der Waals surface area (Å²) in [5.74, 6) is 0.525. The third-order valence-electron chi connectivity index (χ3n) is 4.70. The van der Waals surface area contributed by atoms with Gasteiger partial charge in [0.2, 0.25) is 5.91 Å². The molecule has 0 spiro atoms. The smallest absolute Gasteiger partial charge is 0.221 e. The van der Waals surface area contributed by atoms with Crippen LogP contribution in [0.4, 0.5) is 0 Å². The van der Waals surface area contributed by atoms with Crippen LogP contribution in [0.3, 0.4) is 0 Å². The predicted molar refractivity (Wildman–Crippen MR) is 75.6 cm³/mol. The highest BCUT2D eigenvalue weighted by Gasteiger charge is 2.30. The first-order valence-electron chi connectivity index (χ1n) is 7.81. The molecule has 0 saturated heterocycles. The van der Waals surface area contributed by atoms with E-state index in [-0.39, 0.29) is 17.6 Å². The van der Waals surface area contributed by atoms with E-state index >= 15 is 0 Å². The Hall–Kier alpha value is -0.610. The van der Waals surface area contributed by atoms with Crippen molar-refractivity contribution in [2.24, 2.45) is 11.7 Å². The van der Waals surface area contributed by atoms with Crippen molar-refractivity contribution in [3.05, 3.63) is 0 Å². The van der Waals surface area contributed by atoms with Gasteiger partial charge in [-0.25, -0.2) is 0 Å². The summed E-state index contributed by atoms with van der Waals surface area (Å²) in [6, 6.07) is 0. The van der Waals surface area contributed by atoms with Crippen molar-refractivity contribution in [2.45, 2.75) is 75.9 Å². The largest absolute Gasteiger partial charge is 0.393 e. The Morgan fingerprint density at radius 1 is 1.21 bits per heavy atom. The maximum Gasteiger partial charge on any atom is 0.221 e. The second-order valence-corrected chi connectivity index (χ2v) is 6.59. The Morgan fingerprint density at radius 3 is 2.63 bits per heavy atom. The van der Waals surface area contributed by atoms with E-state index in [2.05, 4.69) is 5.32 Å². The topological polar surface area (TPSA) is 75.4 Å². The molecule has 2 fully saturated rings. The molecule has 0 bridgehead atoms. The normalized spacial score (nSPS) is 30.8. The van der Waals surface area contributed by atoms with Crippen LogP contribution < -0.4 is 11.1 Å². The molecule has 4 heteroatoms. The van der Waals surface area contributed by atoms with Gasteiger partial charge in [-0.15, -0.1) is 0 Å². The lowest BCUT2D eigenvalue weighted by Gasteiger charge is -2.33. The number of nitrogens with two attached hydrogens (primary N) is 1. The van der Waals surface area contributed by atoms with Crippen LogP contribution in [0.2, 0.25) is 0 Å². The lowest BCUT2D eigenvalue weighted by atomic mass is 9.80. The number of amides is 1. The van der Waals surface area contributed by atoms with Crippen LogP contribution in [0, 0.1) is 5.92 Å². The summed E-state index contributed by atoms with van der Waals surface area (Å²) in [6.45, 7) is 0.700. The van der Waals surface area contributed by atoms with E-state index in [9.17, 15) is 9.90 Å². The van der Waals surface area contributed by atoms with E-state index < -0.39 is 0 Å². The van der Waals surface area contributed by atoms with Crippen molar-refractivity contribution in [1.82, 2.24) is 5.32 Å². The van der Waals surface area contributed by atoms with Gasteiger partial charge < -0.3 is 16.2 Å². The highest BCUT2D eigenvalue weighted by atomic mass is 16.3. The Bertz CT molecular complexity index is 301. The SMILES string of the molecule is NC1(CC(=O)NCC2CCCC(O)C2)CCCCC1. The lowest BCUT2D eigenvalue weighted by molar-refractivity contribution is -0.122. The summed E-state index contributed by atoms with van der Waals surface area (Å²) in [6.07, 6.45) is 9.72. The number of aliphatic hydroxyl groups is 1. The molecular formula is C15H28N2O2. The van der Waals surface area contributed by atoms with Crippen LogP contribution in [0.1, 0.15) is 64.2 Å². The summed E-state index contributed by atoms with van der Waals surface area (Å²) >= 11 is 0. The molecule has 1 amide bonds. The van der Waals surface area contributed by atoms with Gasteiger partial charge in [0.25, 0.3) is 0 Å². The zero-order valence-corrected chi connectivity index (χ0v) is 11.9. The number of carbonyl (C=O) groups excluding carboxylic acids is 1. The number of hydrogen-bond acceptors (Lipinski definition) is 3. The minimum atomic E-state index is -0.269. The average molecular weight is 268 g/mol. The fourth-order valence-electron chi connectivity index (χ4n) is 3.52. The first-order chi connectivity index (χ1) is 9.07. The number of nitrogens with one attached hydrogen (secondary N) is 1. The minimum Gasteiger partial charge on any atom is -0.393 e. The second kappa shape index (κ2) is 6.71. The Balaban J connectivity index is 1.69. The molecule has 2 saturated carbocycles. The van der Waals surface area contributed by atoms with Crippen molar-refractivity contribution in [2.75, 3.05) is 6.54 Å². The lowest BCUT2D eigenvalue weighted by Crippen LogP contribution is -2.46. The first kappa shape index (κ1) is 14.8. The quantitative estimate of drug-likeness (QED) is 0.726. The van der Waals surface area contributed by atoms with Gasteiger partial charge in [-0.05, 0) is 38.0 Å². The first-order valence-corrected chi connectivity index (χ1v) is 7.81. The molecular weight excluding hydrogens is 240 g/mol. The summed E-state index contributed by atoms with van der Waals surface area (Å²) in [7, 11) is 0. The third-order valence-corrected chi connectivity index (χ3v) is 4.70. The second-order valence-electron chi connectivity index (χ2n) is 6.59. The van der Waals surface area contributed by atoms with Gasteiger partial charge in [0.1, 0.15) is 0 Å². The Morgan fingerprint density at radius 2 is 1.95 bits per heavy atom. The molecule has 2 rings (SSSR count). The summed E-state index contributed by atoms with van der Waals surface area (Å²) < 4.78 is 0. The number of aliphatic hydroxyl groups excluding tert-OH is 1. The van der Waals surface area contributed by atoms with Gasteiger partial charge in [0.05, 0.1) is 6.10 Å². The highest BCUT2D eigenvalue weighted by molar-refractivity contribution is 5.77. The predicted octanol–water partition coefficient (Wildman–Crippen LogP) is 1.71. The van der Waals surface area contributed by atoms with Crippen molar-refractivity contribution in [1.29, 1.82) is 0 Å². The highest BCUT2D eigenvalue weighted by Crippen LogP contribution is 2.28. The van der Waals surface area contributed by atoms with Gasteiger partial charge in [-0.3, -0.25) is 4.79 Å². The standard InChI is InChI=1S/C15H28N2O2/c16-15(7-2-1-3-8-15)10-14(19)17-11-12-5-4-6-13(18)9-12/h12-13,18H,1-11,16H2,(H,17,19). The number of hydrogen-bond donors (Lipinski definition) is 3. The van der Waals surface area contributed by atoms with Crippen LogP contribution in [0.25, 0.3) is 0 Å². The zero-order valence-electron chi connectivity index (χ0n) is 11.9. The van der Waals surface area contributed by atoms with Gasteiger partial charge >= 0.3 is 0 Å². The summed E-state index contributed by atoms with van der Waals surface area (Å²) in [5, 5.41) is 12.6. The molecule has 110 valence electrons. The molecule has 0 aliphatic heterocycles. The monoisotopic (exact) mass is 268 g/mol. The van der Waals surface area contributed by atoms with E-state index in [4.69, 9.17) is 5.73 Å². The Kier molecular flexibility index (Phi) is 5.22. The van der Waals surface area contributed by atoms with Crippen LogP contribution in [-0.2, 0) is 4.79 Å². The number of carbonyl (C=O) groups is 1. The molecule has 4 nitrogen and oxygen atoms in total. The van der Waals surface area contributed by atoms with E-state index in [0.717, 1.165) is 51.4 Å². The maximum atomic E-state index is 12.0. The third kappa shape index (κ3) is 4.77. The summed E-state index contributed by atoms with van der Waals surface area (Å²) in [5.41, 5.74) is 6.02. The van der Waals surface area contributed by atoms with Gasteiger partial charge in [0, 0.05) is 18.5 Å². The minimum absolute atomic E-state index is 0.0875. The van der Waals surface area contributed by atoms with Crippen molar-refractivity contribution < 1.29 is 9.90 Å². The fourth-order valence-corrected chi connectivity index (χ4v) is 3.52. The molecule has 0 aromatic carbocycles. The van der Waals surface area contributed by atoms with Gasteiger partial charge in [-0.1, -0.05) is 25.7 Å². The molecule has 2 aliphatic carbocycles. The van der Waals surface area contributed by atoms with E-state index in [1.165, 1.54) is 6.42 Å². The Labute approximate surface area is 116 Å². The van der Waals surface area contributed by atoms with E-state index in [1.54, 1.807) is 0 Å². The zero-order chi connectivity index (χ0) is 13.7. The maximum absolute atomic E-state index is 12.0. The molecule has 4 N–H and O–H groups in total. The van der Waals surface area contributed by atoms with E-state index in [0.29, 0.717) is 18.9 Å². The molecule has 0 radical (unpaired) electrons. The average Bonchev–Trinajstić information content (AvgIpc) is 2.37.